The summed E-state index contributed by atoms with van der Waals surface area (Å²) in [7, 11) is 0. The van der Waals surface area contributed by atoms with Gasteiger partial charge in [0.2, 0.25) is 0 Å². The molecule has 1 atom stereocenters. The first-order valence-corrected chi connectivity index (χ1v) is 5.33. The average molecular weight is 201 g/mol. The zero-order chi connectivity index (χ0) is 10.4. The molecular weight excluding hydrogens is 182 g/mol. The number of rotatable bonds is 5. The highest BCUT2D eigenvalue weighted by atomic mass is 16.6. The highest BCUT2D eigenvalue weighted by Crippen LogP contribution is 2.14. The van der Waals surface area contributed by atoms with Crippen molar-refractivity contribution in [1.29, 1.82) is 0 Å². The van der Waals surface area contributed by atoms with E-state index in [4.69, 9.17) is 9.84 Å². The van der Waals surface area contributed by atoms with Crippen molar-refractivity contribution in [3.8, 4) is 0 Å². The quantitative estimate of drug-likeness (QED) is 0.684. The Morgan fingerprint density at radius 1 is 1.57 bits per heavy atom. The van der Waals surface area contributed by atoms with E-state index >= 15 is 0 Å². The monoisotopic (exact) mass is 201 g/mol. The van der Waals surface area contributed by atoms with Crippen molar-refractivity contribution < 1.29 is 14.6 Å². The van der Waals surface area contributed by atoms with E-state index in [1.165, 1.54) is 0 Å². The lowest BCUT2D eigenvalue weighted by molar-refractivity contribution is 0.0246. The van der Waals surface area contributed by atoms with Gasteiger partial charge in [-0.25, -0.2) is 4.79 Å². The van der Waals surface area contributed by atoms with Gasteiger partial charge in [0.05, 0.1) is 19.3 Å². The number of amides is 1. The molecule has 0 aromatic heterocycles. The molecule has 1 amide bonds. The molecule has 4 heteroatoms. The Kier molecular flexibility index (Phi) is 4.73. The Morgan fingerprint density at radius 2 is 2.36 bits per heavy atom. The minimum absolute atomic E-state index is 0.0342. The second-order valence-electron chi connectivity index (χ2n) is 3.64. The standard InChI is InChI=1S/C10H19NO3/c1-2-3-4-6-11-9(8-12)5-7-14-10(11)13/h9,12H,2-8H2,1H3. The largest absolute Gasteiger partial charge is 0.449 e. The van der Waals surface area contributed by atoms with Crippen LogP contribution in [0.3, 0.4) is 0 Å². The number of hydrogen-bond acceptors (Lipinski definition) is 3. The molecule has 1 aliphatic rings. The molecule has 4 nitrogen and oxygen atoms in total. The van der Waals surface area contributed by atoms with Gasteiger partial charge in [0.15, 0.2) is 0 Å². The van der Waals surface area contributed by atoms with Crippen LogP contribution < -0.4 is 0 Å². The summed E-state index contributed by atoms with van der Waals surface area (Å²) in [6, 6.07) is -0.0342. The van der Waals surface area contributed by atoms with Crippen LogP contribution in [0, 0.1) is 0 Å². The smallest absolute Gasteiger partial charge is 0.410 e. The highest BCUT2D eigenvalue weighted by molar-refractivity contribution is 5.68. The van der Waals surface area contributed by atoms with Gasteiger partial charge in [0.25, 0.3) is 0 Å². The summed E-state index contributed by atoms with van der Waals surface area (Å²) in [6.45, 7) is 3.31. The van der Waals surface area contributed by atoms with Crippen molar-refractivity contribution in [3.63, 3.8) is 0 Å². The SMILES string of the molecule is CCCCCN1C(=O)OCCC1CO. The highest BCUT2D eigenvalue weighted by Gasteiger charge is 2.28. The molecule has 0 saturated carbocycles. The third-order valence-corrected chi connectivity index (χ3v) is 2.57. The number of hydrogen-bond donors (Lipinski definition) is 1. The second-order valence-corrected chi connectivity index (χ2v) is 3.64. The van der Waals surface area contributed by atoms with E-state index in [1.807, 2.05) is 0 Å². The summed E-state index contributed by atoms with van der Waals surface area (Å²) in [5, 5.41) is 9.09. The Hall–Kier alpha value is -0.770. The van der Waals surface area contributed by atoms with Crippen LogP contribution in [-0.4, -0.2) is 41.9 Å². The van der Waals surface area contributed by atoms with Gasteiger partial charge in [0, 0.05) is 13.0 Å². The summed E-state index contributed by atoms with van der Waals surface area (Å²) >= 11 is 0. The van der Waals surface area contributed by atoms with Crippen LogP contribution in [0.1, 0.15) is 32.6 Å². The number of cyclic esters (lactones) is 1. The lowest BCUT2D eigenvalue weighted by Gasteiger charge is -2.33. The van der Waals surface area contributed by atoms with Gasteiger partial charge in [-0.15, -0.1) is 0 Å². The first-order valence-electron chi connectivity index (χ1n) is 5.33. The van der Waals surface area contributed by atoms with Crippen LogP contribution >= 0.6 is 0 Å². The molecule has 1 N–H and O–H groups in total. The maximum atomic E-state index is 11.4. The van der Waals surface area contributed by atoms with E-state index in [-0.39, 0.29) is 18.7 Å². The van der Waals surface area contributed by atoms with E-state index in [2.05, 4.69) is 6.92 Å². The Morgan fingerprint density at radius 3 is 3.00 bits per heavy atom. The summed E-state index contributed by atoms with van der Waals surface area (Å²) < 4.78 is 4.93. The normalized spacial score (nSPS) is 22.3. The molecule has 82 valence electrons. The van der Waals surface area contributed by atoms with E-state index < -0.39 is 0 Å². The molecule has 1 saturated heterocycles. The van der Waals surface area contributed by atoms with E-state index in [0.717, 1.165) is 25.7 Å². The Balaban J connectivity index is 2.38. The van der Waals surface area contributed by atoms with Crippen molar-refractivity contribution in [2.75, 3.05) is 19.8 Å². The summed E-state index contributed by atoms with van der Waals surface area (Å²) in [6.07, 6.45) is 3.71. The molecule has 0 aliphatic carbocycles. The van der Waals surface area contributed by atoms with Crippen molar-refractivity contribution in [2.24, 2.45) is 0 Å². The van der Waals surface area contributed by atoms with Gasteiger partial charge in [-0.05, 0) is 6.42 Å². The molecule has 1 aliphatic heterocycles. The lowest BCUT2D eigenvalue weighted by atomic mass is 10.1. The van der Waals surface area contributed by atoms with E-state index in [0.29, 0.717) is 13.2 Å². The van der Waals surface area contributed by atoms with Gasteiger partial charge in [0.1, 0.15) is 0 Å². The fourth-order valence-electron chi connectivity index (χ4n) is 1.67. The topological polar surface area (TPSA) is 49.8 Å². The second kappa shape index (κ2) is 5.86. The average Bonchev–Trinajstić information content (AvgIpc) is 2.20. The minimum Gasteiger partial charge on any atom is -0.449 e. The fraction of sp³-hybridized carbons (Fsp3) is 0.900. The van der Waals surface area contributed by atoms with Crippen LogP contribution in [0.15, 0.2) is 0 Å². The maximum absolute atomic E-state index is 11.4. The minimum atomic E-state index is -0.272. The number of carbonyl (C=O) groups is 1. The number of unbranched alkanes of at least 4 members (excludes halogenated alkanes) is 2. The third kappa shape index (κ3) is 2.87. The van der Waals surface area contributed by atoms with Crippen molar-refractivity contribution >= 4 is 6.09 Å². The fourth-order valence-corrected chi connectivity index (χ4v) is 1.67. The van der Waals surface area contributed by atoms with Crippen LogP contribution in [0.2, 0.25) is 0 Å². The predicted molar refractivity (Wildman–Crippen MR) is 53.1 cm³/mol. The number of carbonyl (C=O) groups excluding carboxylic acids is 1. The Labute approximate surface area is 84.8 Å². The van der Waals surface area contributed by atoms with Crippen molar-refractivity contribution in [1.82, 2.24) is 4.90 Å². The molecule has 1 fully saturated rings. The molecule has 0 aromatic rings. The first-order chi connectivity index (χ1) is 6.79. The van der Waals surface area contributed by atoms with Gasteiger partial charge < -0.3 is 14.7 Å². The van der Waals surface area contributed by atoms with Crippen LogP contribution in [0.5, 0.6) is 0 Å². The van der Waals surface area contributed by atoms with Crippen molar-refractivity contribution in [2.45, 2.75) is 38.6 Å². The summed E-state index contributed by atoms with van der Waals surface area (Å²) in [5.41, 5.74) is 0. The zero-order valence-electron chi connectivity index (χ0n) is 8.74. The molecule has 1 heterocycles. The molecule has 0 aromatic carbocycles. The molecule has 0 bridgehead atoms. The summed E-state index contributed by atoms with van der Waals surface area (Å²) in [4.78, 5) is 13.0. The predicted octanol–water partition coefficient (Wildman–Crippen LogP) is 1.38. The number of aliphatic hydroxyl groups excluding tert-OH is 1. The van der Waals surface area contributed by atoms with Crippen molar-refractivity contribution in [3.05, 3.63) is 0 Å². The van der Waals surface area contributed by atoms with Gasteiger partial charge in [-0.2, -0.15) is 0 Å². The number of ether oxygens (including phenoxy) is 1. The van der Waals surface area contributed by atoms with Gasteiger partial charge in [-0.1, -0.05) is 19.8 Å². The number of aliphatic hydroxyl groups is 1. The number of nitrogens with zero attached hydrogens (tertiary/aromatic N) is 1. The summed E-state index contributed by atoms with van der Waals surface area (Å²) in [5.74, 6) is 0. The zero-order valence-corrected chi connectivity index (χ0v) is 8.74. The van der Waals surface area contributed by atoms with Gasteiger partial charge in [-0.3, -0.25) is 0 Å². The first kappa shape index (κ1) is 11.3. The molecule has 0 spiro atoms. The van der Waals surface area contributed by atoms with Gasteiger partial charge >= 0.3 is 6.09 Å². The van der Waals surface area contributed by atoms with Crippen LogP contribution in [0.4, 0.5) is 4.79 Å². The van der Waals surface area contributed by atoms with E-state index in [9.17, 15) is 4.79 Å². The third-order valence-electron chi connectivity index (χ3n) is 2.57. The van der Waals surface area contributed by atoms with E-state index in [1.54, 1.807) is 4.90 Å². The molecule has 0 radical (unpaired) electrons. The molecule has 1 rings (SSSR count). The lowest BCUT2D eigenvalue weighted by Crippen LogP contribution is -2.47. The molecule has 14 heavy (non-hydrogen) atoms. The molecular formula is C10H19NO3. The Bertz CT molecular complexity index is 184. The van der Waals surface area contributed by atoms with Crippen LogP contribution in [0.25, 0.3) is 0 Å². The van der Waals surface area contributed by atoms with Crippen LogP contribution in [-0.2, 0) is 4.74 Å². The molecule has 1 unspecified atom stereocenters. The maximum Gasteiger partial charge on any atom is 0.410 e.